The minimum absolute atomic E-state index is 0.276. The summed E-state index contributed by atoms with van der Waals surface area (Å²) in [5.74, 6) is 1.72. The highest BCUT2D eigenvalue weighted by molar-refractivity contribution is 5.85. The third-order valence-electron chi connectivity index (χ3n) is 4.55. The zero-order valence-electron chi connectivity index (χ0n) is 13.1. The summed E-state index contributed by atoms with van der Waals surface area (Å²) in [4.78, 5) is 13.3. The van der Waals surface area contributed by atoms with Crippen LogP contribution in [0.2, 0.25) is 0 Å². The molecule has 1 unspecified atom stereocenters. The number of hydrogen-bond donors (Lipinski definition) is 1. The van der Waals surface area contributed by atoms with Gasteiger partial charge in [-0.1, -0.05) is 0 Å². The van der Waals surface area contributed by atoms with Crippen LogP contribution in [0.5, 0.6) is 5.75 Å². The molecule has 4 rings (SSSR count). The van der Waals surface area contributed by atoms with Gasteiger partial charge in [0.2, 0.25) is 6.73 Å². The predicted molar refractivity (Wildman–Crippen MR) is 84.5 cm³/mol. The van der Waals surface area contributed by atoms with Crippen LogP contribution in [-0.4, -0.2) is 6.73 Å². The van der Waals surface area contributed by atoms with Crippen LogP contribution in [0, 0.1) is 13.8 Å². The lowest BCUT2D eigenvalue weighted by molar-refractivity contribution is -0.946. The molecule has 5 nitrogen and oxygen atoms in total. The van der Waals surface area contributed by atoms with Crippen LogP contribution in [0.15, 0.2) is 44.2 Å². The molecule has 1 aliphatic rings. The molecule has 1 aromatic carbocycles. The Bertz CT molecular complexity index is 924. The first-order valence-electron chi connectivity index (χ1n) is 7.68. The average molecular weight is 312 g/mol. The molecule has 3 heterocycles. The number of furan rings is 1. The van der Waals surface area contributed by atoms with Crippen molar-refractivity contribution in [2.24, 2.45) is 0 Å². The summed E-state index contributed by atoms with van der Waals surface area (Å²) in [5, 5.41) is 0.976. The van der Waals surface area contributed by atoms with E-state index in [1.54, 1.807) is 13.2 Å². The van der Waals surface area contributed by atoms with Crippen molar-refractivity contribution in [1.82, 2.24) is 0 Å². The Morgan fingerprint density at radius 2 is 2.04 bits per heavy atom. The van der Waals surface area contributed by atoms with Crippen LogP contribution in [0.3, 0.4) is 0 Å². The zero-order chi connectivity index (χ0) is 16.0. The van der Waals surface area contributed by atoms with Gasteiger partial charge in [-0.05, 0) is 43.7 Å². The average Bonchev–Trinajstić information content (AvgIpc) is 3.05. The Morgan fingerprint density at radius 1 is 1.17 bits per heavy atom. The maximum absolute atomic E-state index is 12.0. The molecule has 118 valence electrons. The first-order valence-corrected chi connectivity index (χ1v) is 7.68. The topological polar surface area (TPSA) is 57.0 Å². The van der Waals surface area contributed by atoms with E-state index in [0.717, 1.165) is 41.1 Å². The highest BCUT2D eigenvalue weighted by Gasteiger charge is 2.25. The number of benzene rings is 1. The summed E-state index contributed by atoms with van der Waals surface area (Å²) in [7, 11) is 0. The molecule has 0 saturated carbocycles. The molecule has 23 heavy (non-hydrogen) atoms. The van der Waals surface area contributed by atoms with Crippen LogP contribution in [0.1, 0.15) is 22.5 Å². The third-order valence-corrected chi connectivity index (χ3v) is 4.55. The Morgan fingerprint density at radius 3 is 2.83 bits per heavy atom. The highest BCUT2D eigenvalue weighted by atomic mass is 16.5. The Labute approximate surface area is 133 Å². The molecule has 0 amide bonds. The summed E-state index contributed by atoms with van der Waals surface area (Å²) in [6, 6.07) is 7.78. The molecule has 1 aliphatic heterocycles. The Kier molecular flexibility index (Phi) is 3.23. The van der Waals surface area contributed by atoms with E-state index >= 15 is 0 Å². The normalized spacial score (nSPS) is 17.0. The van der Waals surface area contributed by atoms with Crippen molar-refractivity contribution in [2.75, 3.05) is 6.73 Å². The molecule has 0 bridgehead atoms. The smallest absolute Gasteiger partial charge is 0.339 e. The lowest BCUT2D eigenvalue weighted by Gasteiger charge is -2.26. The van der Waals surface area contributed by atoms with Gasteiger partial charge >= 0.3 is 5.63 Å². The van der Waals surface area contributed by atoms with Crippen molar-refractivity contribution in [3.8, 4) is 5.75 Å². The second-order valence-electron chi connectivity index (χ2n) is 6.03. The lowest BCUT2D eigenvalue weighted by Crippen LogP contribution is -3.10. The molecule has 1 atom stereocenters. The molecule has 0 saturated heterocycles. The van der Waals surface area contributed by atoms with E-state index in [0.29, 0.717) is 17.9 Å². The minimum Gasteiger partial charge on any atom is -0.463 e. The number of rotatable bonds is 2. The van der Waals surface area contributed by atoms with Gasteiger partial charge in [-0.25, -0.2) is 4.79 Å². The van der Waals surface area contributed by atoms with Crippen molar-refractivity contribution < 1.29 is 18.5 Å². The van der Waals surface area contributed by atoms with Gasteiger partial charge in [0, 0.05) is 10.9 Å². The maximum Gasteiger partial charge on any atom is 0.339 e. The second kappa shape index (κ2) is 5.28. The van der Waals surface area contributed by atoms with E-state index < -0.39 is 0 Å². The number of nitrogens with one attached hydrogen (secondary N) is 1. The third kappa shape index (κ3) is 2.33. The van der Waals surface area contributed by atoms with Gasteiger partial charge in [0.25, 0.3) is 0 Å². The molecule has 5 heteroatoms. The SMILES string of the molecule is Cc1c(C)c2ccc3c(c2oc1=O)C[NH+](Cc1ccco1)CO3. The predicted octanol–water partition coefficient (Wildman–Crippen LogP) is 1.94. The molecular formula is C18H18NO4+. The summed E-state index contributed by atoms with van der Waals surface area (Å²) in [6.45, 7) is 5.79. The van der Waals surface area contributed by atoms with E-state index in [2.05, 4.69) is 0 Å². The molecule has 3 aromatic rings. The van der Waals surface area contributed by atoms with Crippen molar-refractivity contribution in [2.45, 2.75) is 26.9 Å². The Hall–Kier alpha value is -2.53. The largest absolute Gasteiger partial charge is 0.463 e. The Balaban J connectivity index is 1.78. The summed E-state index contributed by atoms with van der Waals surface area (Å²) < 4.78 is 16.9. The second-order valence-corrected chi connectivity index (χ2v) is 6.03. The molecule has 0 spiro atoms. The zero-order valence-corrected chi connectivity index (χ0v) is 13.1. The number of quaternary nitrogens is 1. The summed E-state index contributed by atoms with van der Waals surface area (Å²) >= 11 is 0. The fourth-order valence-corrected chi connectivity index (χ4v) is 3.10. The van der Waals surface area contributed by atoms with Gasteiger partial charge < -0.3 is 13.6 Å². The first-order chi connectivity index (χ1) is 11.1. The van der Waals surface area contributed by atoms with Gasteiger partial charge in [0.15, 0.2) is 11.3 Å². The van der Waals surface area contributed by atoms with Gasteiger partial charge in [-0.2, -0.15) is 0 Å². The van der Waals surface area contributed by atoms with Crippen LogP contribution < -0.4 is 15.3 Å². The number of fused-ring (bicyclic) bond motifs is 3. The van der Waals surface area contributed by atoms with Crippen molar-refractivity contribution >= 4 is 11.0 Å². The first kappa shape index (κ1) is 14.1. The van der Waals surface area contributed by atoms with Crippen LogP contribution in [0.25, 0.3) is 11.0 Å². The molecule has 0 fully saturated rings. The molecule has 0 radical (unpaired) electrons. The van der Waals surface area contributed by atoms with Gasteiger partial charge in [0.05, 0.1) is 11.8 Å². The van der Waals surface area contributed by atoms with E-state index in [1.165, 1.54) is 4.90 Å². The summed E-state index contributed by atoms with van der Waals surface area (Å²) in [6.07, 6.45) is 1.67. The van der Waals surface area contributed by atoms with Crippen molar-refractivity contribution in [3.05, 3.63) is 63.4 Å². The number of aryl methyl sites for hydroxylation is 1. The standard InChI is InChI=1S/C18H17NO4/c1-11-12(2)18(20)23-17-14(11)5-6-16-15(17)9-19(10-22-16)8-13-4-3-7-21-13/h3-7H,8-10H2,1-2H3/p+1. The maximum atomic E-state index is 12.0. The summed E-state index contributed by atoms with van der Waals surface area (Å²) in [5.41, 5.74) is 2.95. The van der Waals surface area contributed by atoms with Crippen molar-refractivity contribution in [1.29, 1.82) is 0 Å². The van der Waals surface area contributed by atoms with Crippen LogP contribution >= 0.6 is 0 Å². The van der Waals surface area contributed by atoms with E-state index in [4.69, 9.17) is 13.6 Å². The lowest BCUT2D eigenvalue weighted by atomic mass is 10.0. The molecule has 0 aliphatic carbocycles. The number of hydrogen-bond acceptors (Lipinski definition) is 4. The van der Waals surface area contributed by atoms with Gasteiger partial charge in [0.1, 0.15) is 18.8 Å². The van der Waals surface area contributed by atoms with E-state index in [1.807, 2.05) is 31.2 Å². The van der Waals surface area contributed by atoms with Crippen LogP contribution in [-0.2, 0) is 13.1 Å². The monoisotopic (exact) mass is 312 g/mol. The van der Waals surface area contributed by atoms with Gasteiger partial charge in [-0.15, -0.1) is 0 Å². The van der Waals surface area contributed by atoms with E-state index in [9.17, 15) is 4.79 Å². The highest BCUT2D eigenvalue weighted by Crippen LogP contribution is 2.30. The fourth-order valence-electron chi connectivity index (χ4n) is 3.10. The molecular weight excluding hydrogens is 294 g/mol. The molecule has 2 aromatic heterocycles. The van der Waals surface area contributed by atoms with Gasteiger partial charge in [-0.3, -0.25) is 4.90 Å². The fraction of sp³-hybridized carbons (Fsp3) is 0.278. The van der Waals surface area contributed by atoms with Crippen molar-refractivity contribution in [3.63, 3.8) is 0 Å². The number of ether oxygens (including phenoxy) is 1. The van der Waals surface area contributed by atoms with Crippen LogP contribution in [0.4, 0.5) is 0 Å². The molecule has 1 N–H and O–H groups in total. The van der Waals surface area contributed by atoms with E-state index in [-0.39, 0.29) is 5.63 Å². The minimum atomic E-state index is -0.276. The quantitative estimate of drug-likeness (QED) is 0.735.